The number of ether oxygens (including phenoxy) is 1. The molecule has 4 heteroatoms. The number of rotatable bonds is 2. The van der Waals surface area contributed by atoms with Gasteiger partial charge in [0.25, 0.3) is 0 Å². The summed E-state index contributed by atoms with van der Waals surface area (Å²) in [6, 6.07) is 3.40. The largest absolute Gasteiger partial charge is 0.489 e. The van der Waals surface area contributed by atoms with Crippen LogP contribution in [0.2, 0.25) is 0 Å². The molecule has 4 rings (SSSR count). The summed E-state index contributed by atoms with van der Waals surface area (Å²) in [6.07, 6.45) is 8.79. The van der Waals surface area contributed by atoms with Crippen LogP contribution >= 0.6 is 0 Å². The zero-order valence-corrected chi connectivity index (χ0v) is 16.3. The zero-order chi connectivity index (χ0) is 19.0. The fourth-order valence-corrected chi connectivity index (χ4v) is 5.84. The maximum absolute atomic E-state index is 13.6. The van der Waals surface area contributed by atoms with E-state index in [1.165, 1.54) is 51.9 Å². The van der Waals surface area contributed by atoms with Crippen LogP contribution < -0.4 is 4.74 Å². The van der Waals surface area contributed by atoms with Crippen molar-refractivity contribution in [3.8, 4) is 5.75 Å². The molecule has 1 aliphatic heterocycles. The molecule has 1 atom stereocenters. The van der Waals surface area contributed by atoms with Gasteiger partial charge in [0.05, 0.1) is 0 Å². The van der Waals surface area contributed by atoms with Gasteiger partial charge < -0.3 is 4.74 Å². The number of alkyl halides is 3. The molecule has 150 valence electrons. The summed E-state index contributed by atoms with van der Waals surface area (Å²) in [4.78, 5) is 0. The van der Waals surface area contributed by atoms with Gasteiger partial charge >= 0.3 is 6.18 Å². The molecule has 1 aromatic carbocycles. The molecule has 0 radical (unpaired) electrons. The first-order chi connectivity index (χ1) is 12.9. The van der Waals surface area contributed by atoms with E-state index in [2.05, 4.69) is 0 Å². The summed E-state index contributed by atoms with van der Waals surface area (Å²) in [7, 11) is 0. The van der Waals surface area contributed by atoms with E-state index in [0.29, 0.717) is 12.3 Å². The lowest BCUT2D eigenvalue weighted by Crippen LogP contribution is -2.35. The van der Waals surface area contributed by atoms with E-state index in [9.17, 15) is 13.2 Å². The minimum atomic E-state index is -4.35. The van der Waals surface area contributed by atoms with Crippen LogP contribution in [0.25, 0.3) is 0 Å². The maximum atomic E-state index is 13.6. The predicted octanol–water partition coefficient (Wildman–Crippen LogP) is 7.09. The smallest absolute Gasteiger partial charge is 0.420 e. The average molecular weight is 380 g/mol. The van der Waals surface area contributed by atoms with Gasteiger partial charge in [0, 0.05) is 0 Å². The van der Waals surface area contributed by atoms with Crippen LogP contribution in [0.5, 0.6) is 5.75 Å². The Kier molecular flexibility index (Phi) is 5.44. The van der Waals surface area contributed by atoms with E-state index in [0.717, 1.165) is 36.7 Å². The second-order valence-electron chi connectivity index (χ2n) is 9.01. The van der Waals surface area contributed by atoms with Gasteiger partial charge in [0.1, 0.15) is 17.4 Å². The van der Waals surface area contributed by atoms with Gasteiger partial charge in [0.2, 0.25) is 0 Å². The van der Waals surface area contributed by atoms with Crippen LogP contribution in [0, 0.1) is 24.7 Å². The van der Waals surface area contributed by atoms with Crippen molar-refractivity contribution in [2.75, 3.05) is 0 Å². The number of halogens is 3. The number of aryl methyl sites for hydroxylation is 2. The molecule has 1 nitrogen and oxygen atoms in total. The van der Waals surface area contributed by atoms with Gasteiger partial charge in [-0.25, -0.2) is 0 Å². The lowest BCUT2D eigenvalue weighted by atomic mass is 9.69. The first kappa shape index (κ1) is 19.1. The lowest BCUT2D eigenvalue weighted by molar-refractivity contribution is -0.140. The van der Waals surface area contributed by atoms with Gasteiger partial charge in [0.15, 0.2) is 0 Å². The Morgan fingerprint density at radius 1 is 0.815 bits per heavy atom. The first-order valence-corrected chi connectivity index (χ1v) is 10.8. The van der Waals surface area contributed by atoms with Gasteiger partial charge in [-0.05, 0) is 74.3 Å². The average Bonchev–Trinajstić information content (AvgIpc) is 2.67. The molecule has 2 saturated carbocycles. The summed E-state index contributed by atoms with van der Waals surface area (Å²) >= 11 is 0. The number of hydrogen-bond acceptors (Lipinski definition) is 1. The molecule has 0 spiro atoms. The third-order valence-corrected chi connectivity index (χ3v) is 7.36. The molecular formula is C23H31F3O. The molecule has 27 heavy (non-hydrogen) atoms. The van der Waals surface area contributed by atoms with Crippen molar-refractivity contribution in [2.45, 2.75) is 89.8 Å². The van der Waals surface area contributed by atoms with Crippen LogP contribution in [0.4, 0.5) is 13.2 Å². The summed E-state index contributed by atoms with van der Waals surface area (Å²) in [5.41, 5.74) is 0.434. The van der Waals surface area contributed by atoms with E-state index in [4.69, 9.17) is 4.74 Å². The second-order valence-corrected chi connectivity index (χ2v) is 9.01. The first-order valence-electron chi connectivity index (χ1n) is 10.8. The SMILES string of the molecule is Cc1ccc2c(c1C(F)(F)F)OC(C1CCC(C3CCCCC3)CC1)CC2. The molecule has 0 bridgehead atoms. The maximum Gasteiger partial charge on any atom is 0.420 e. The Bertz CT molecular complexity index is 652. The molecule has 1 heterocycles. The quantitative estimate of drug-likeness (QED) is 0.532. The highest BCUT2D eigenvalue weighted by Crippen LogP contribution is 2.46. The molecule has 0 N–H and O–H groups in total. The van der Waals surface area contributed by atoms with Crippen LogP contribution in [-0.4, -0.2) is 6.10 Å². The van der Waals surface area contributed by atoms with Crippen molar-refractivity contribution >= 4 is 0 Å². The molecule has 1 aromatic rings. The normalized spacial score (nSPS) is 29.9. The number of benzene rings is 1. The Balaban J connectivity index is 1.44. The summed E-state index contributed by atoms with van der Waals surface area (Å²) < 4.78 is 46.8. The second kappa shape index (κ2) is 7.67. The van der Waals surface area contributed by atoms with Crippen molar-refractivity contribution in [3.05, 3.63) is 28.8 Å². The van der Waals surface area contributed by atoms with E-state index in [1.807, 2.05) is 6.07 Å². The molecule has 3 aliphatic rings. The molecular weight excluding hydrogens is 349 g/mol. The van der Waals surface area contributed by atoms with Gasteiger partial charge in [-0.2, -0.15) is 13.2 Å². The van der Waals surface area contributed by atoms with Crippen molar-refractivity contribution in [2.24, 2.45) is 17.8 Å². The fraction of sp³-hybridized carbons (Fsp3) is 0.739. The Morgan fingerprint density at radius 2 is 1.44 bits per heavy atom. The molecule has 1 unspecified atom stereocenters. The fourth-order valence-electron chi connectivity index (χ4n) is 5.84. The van der Waals surface area contributed by atoms with Crippen molar-refractivity contribution in [3.63, 3.8) is 0 Å². The molecule has 0 aromatic heterocycles. The molecule has 2 aliphatic carbocycles. The van der Waals surface area contributed by atoms with E-state index in [1.54, 1.807) is 6.07 Å². The lowest BCUT2D eigenvalue weighted by Gasteiger charge is -2.40. The standard InChI is InChI=1S/C23H31F3O/c1-15-7-8-19-13-14-20(27-22(19)21(15)23(24,25)26)18-11-9-17(10-12-18)16-5-3-2-4-6-16/h7-8,16-18,20H,2-6,9-14H2,1H3. The monoisotopic (exact) mass is 380 g/mol. The molecule has 0 saturated heterocycles. The molecule has 0 amide bonds. The van der Waals surface area contributed by atoms with Crippen molar-refractivity contribution in [1.82, 2.24) is 0 Å². The number of fused-ring (bicyclic) bond motifs is 1. The van der Waals surface area contributed by atoms with E-state index in [-0.39, 0.29) is 17.4 Å². The van der Waals surface area contributed by atoms with Gasteiger partial charge in [-0.1, -0.05) is 44.2 Å². The van der Waals surface area contributed by atoms with Crippen LogP contribution in [0.1, 0.15) is 80.9 Å². The molecule has 2 fully saturated rings. The highest BCUT2D eigenvalue weighted by molar-refractivity contribution is 5.49. The summed E-state index contributed by atoms with van der Waals surface area (Å²) in [6.45, 7) is 1.53. The van der Waals surface area contributed by atoms with Crippen molar-refractivity contribution < 1.29 is 17.9 Å². The zero-order valence-electron chi connectivity index (χ0n) is 16.3. The predicted molar refractivity (Wildman–Crippen MR) is 101 cm³/mol. The van der Waals surface area contributed by atoms with Gasteiger partial charge in [-0.3, -0.25) is 0 Å². The summed E-state index contributed by atoms with van der Waals surface area (Å²) in [5, 5.41) is 0. The number of hydrogen-bond donors (Lipinski definition) is 0. The van der Waals surface area contributed by atoms with Crippen LogP contribution in [0.15, 0.2) is 12.1 Å². The topological polar surface area (TPSA) is 9.23 Å². The van der Waals surface area contributed by atoms with Gasteiger partial charge in [-0.15, -0.1) is 0 Å². The minimum absolute atomic E-state index is 0.0484. The highest BCUT2D eigenvalue weighted by Gasteiger charge is 2.41. The highest BCUT2D eigenvalue weighted by atomic mass is 19.4. The van der Waals surface area contributed by atoms with Crippen LogP contribution in [0.3, 0.4) is 0 Å². The Hall–Kier alpha value is -1.19. The van der Waals surface area contributed by atoms with E-state index >= 15 is 0 Å². The minimum Gasteiger partial charge on any atom is -0.489 e. The van der Waals surface area contributed by atoms with Crippen LogP contribution in [-0.2, 0) is 12.6 Å². The third-order valence-electron chi connectivity index (χ3n) is 7.36. The Morgan fingerprint density at radius 3 is 2.11 bits per heavy atom. The summed E-state index contributed by atoms with van der Waals surface area (Å²) in [5.74, 6) is 2.27. The Labute approximate surface area is 160 Å². The van der Waals surface area contributed by atoms with Crippen molar-refractivity contribution in [1.29, 1.82) is 0 Å². The third kappa shape index (κ3) is 4.00. The van der Waals surface area contributed by atoms with E-state index < -0.39 is 11.7 Å².